The Morgan fingerprint density at radius 3 is 3.14 bits per heavy atom. The van der Waals surface area contributed by atoms with Gasteiger partial charge in [0, 0.05) is 31.1 Å². The molecule has 0 spiro atoms. The molecule has 1 fully saturated rings. The maximum atomic E-state index is 12.4. The van der Waals surface area contributed by atoms with Crippen molar-refractivity contribution in [1.29, 1.82) is 0 Å². The van der Waals surface area contributed by atoms with Crippen LogP contribution in [0.2, 0.25) is 0 Å². The van der Waals surface area contributed by atoms with Gasteiger partial charge in [0.25, 0.3) is 5.91 Å². The van der Waals surface area contributed by atoms with Gasteiger partial charge in [-0.1, -0.05) is 5.16 Å². The molecule has 1 aliphatic heterocycles. The van der Waals surface area contributed by atoms with Crippen molar-refractivity contribution in [2.24, 2.45) is 0 Å². The van der Waals surface area contributed by atoms with Crippen LogP contribution in [0.1, 0.15) is 28.9 Å². The Kier molecular flexibility index (Phi) is 3.96. The van der Waals surface area contributed by atoms with E-state index in [1.807, 2.05) is 6.07 Å². The van der Waals surface area contributed by atoms with E-state index < -0.39 is 0 Å². The molecule has 6 heteroatoms. The quantitative estimate of drug-likeness (QED) is 0.930. The zero-order valence-electron chi connectivity index (χ0n) is 11.8. The van der Waals surface area contributed by atoms with Gasteiger partial charge in [0.1, 0.15) is 5.56 Å². The number of aromatic nitrogens is 2. The molecule has 0 aromatic carbocycles. The number of carbonyl (C=O) groups excluding carboxylic acids is 1. The first-order chi connectivity index (χ1) is 10.3. The summed E-state index contributed by atoms with van der Waals surface area (Å²) in [6, 6.07) is 3.63. The Hall–Kier alpha value is -2.21. The molecular formula is C15H17N3O3. The summed E-state index contributed by atoms with van der Waals surface area (Å²) in [7, 11) is 0. The number of rotatable bonds is 4. The molecule has 21 heavy (non-hydrogen) atoms. The maximum Gasteiger partial charge on any atom is 0.257 e. The molecule has 0 bridgehead atoms. The highest BCUT2D eigenvalue weighted by Gasteiger charge is 2.23. The molecule has 1 N–H and O–H groups in total. The maximum absolute atomic E-state index is 12.4. The van der Waals surface area contributed by atoms with Crippen molar-refractivity contribution in [2.45, 2.75) is 25.9 Å². The topological polar surface area (TPSA) is 77.2 Å². The van der Waals surface area contributed by atoms with Gasteiger partial charge in [-0.25, -0.2) is 0 Å². The molecule has 0 aliphatic carbocycles. The molecule has 1 saturated heterocycles. The number of hydrogen-bond donors (Lipinski definition) is 1. The predicted octanol–water partition coefficient (Wildman–Crippen LogP) is 1.95. The fraction of sp³-hybridized carbons (Fsp3) is 0.400. The molecule has 1 amide bonds. The van der Waals surface area contributed by atoms with Crippen LogP contribution in [0, 0.1) is 6.92 Å². The molecular weight excluding hydrogens is 270 g/mol. The van der Waals surface area contributed by atoms with E-state index in [2.05, 4.69) is 15.5 Å². The van der Waals surface area contributed by atoms with Gasteiger partial charge in [0.05, 0.1) is 11.8 Å². The second kappa shape index (κ2) is 6.05. The predicted molar refractivity (Wildman–Crippen MR) is 75.8 cm³/mol. The van der Waals surface area contributed by atoms with Gasteiger partial charge >= 0.3 is 0 Å². The standard InChI is InChI=1S/C15H17N3O3/c1-10-13(15(19)17-9-12-5-3-7-20-12)14(21-18-10)11-4-2-6-16-8-11/h2,4,6,8,12H,3,5,7,9H2,1H3,(H,17,19)/t12-/m0/s1. The average Bonchev–Trinajstić information content (AvgIpc) is 3.15. The summed E-state index contributed by atoms with van der Waals surface area (Å²) in [5, 5.41) is 6.79. The van der Waals surface area contributed by atoms with Crippen LogP contribution in [0.25, 0.3) is 11.3 Å². The van der Waals surface area contributed by atoms with Gasteiger partial charge in [0.2, 0.25) is 0 Å². The van der Waals surface area contributed by atoms with Gasteiger partial charge < -0.3 is 14.6 Å². The number of amides is 1. The summed E-state index contributed by atoms with van der Waals surface area (Å²) >= 11 is 0. The van der Waals surface area contributed by atoms with Crippen molar-refractivity contribution in [3.63, 3.8) is 0 Å². The minimum absolute atomic E-state index is 0.107. The highest BCUT2D eigenvalue weighted by molar-refractivity contribution is 6.00. The highest BCUT2D eigenvalue weighted by Crippen LogP contribution is 2.25. The lowest BCUT2D eigenvalue weighted by Gasteiger charge is -2.10. The lowest BCUT2D eigenvalue weighted by Crippen LogP contribution is -2.32. The second-order valence-corrected chi connectivity index (χ2v) is 5.06. The Morgan fingerprint density at radius 2 is 2.43 bits per heavy atom. The normalized spacial score (nSPS) is 17.9. The summed E-state index contributed by atoms with van der Waals surface area (Å²) in [5.74, 6) is 0.258. The van der Waals surface area contributed by atoms with E-state index in [0.29, 0.717) is 23.6 Å². The van der Waals surface area contributed by atoms with E-state index >= 15 is 0 Å². The van der Waals surface area contributed by atoms with Gasteiger partial charge in [-0.2, -0.15) is 0 Å². The largest absolute Gasteiger partial charge is 0.376 e. The summed E-state index contributed by atoms with van der Waals surface area (Å²) < 4.78 is 10.8. The number of aryl methyl sites for hydroxylation is 1. The molecule has 0 unspecified atom stereocenters. The fourth-order valence-electron chi connectivity index (χ4n) is 2.43. The SMILES string of the molecule is Cc1noc(-c2cccnc2)c1C(=O)NC[C@@H]1CCCO1. The van der Waals surface area contributed by atoms with Gasteiger partial charge in [-0.05, 0) is 31.9 Å². The molecule has 1 atom stereocenters. The average molecular weight is 287 g/mol. The smallest absolute Gasteiger partial charge is 0.257 e. The molecule has 6 nitrogen and oxygen atoms in total. The third-order valence-electron chi connectivity index (χ3n) is 3.53. The highest BCUT2D eigenvalue weighted by atomic mass is 16.5. The van der Waals surface area contributed by atoms with Crippen LogP contribution >= 0.6 is 0 Å². The molecule has 2 aromatic rings. The molecule has 110 valence electrons. The minimum atomic E-state index is -0.192. The lowest BCUT2D eigenvalue weighted by molar-refractivity contribution is 0.0857. The van der Waals surface area contributed by atoms with Crippen molar-refractivity contribution < 1.29 is 14.1 Å². The minimum Gasteiger partial charge on any atom is -0.376 e. The summed E-state index contributed by atoms with van der Waals surface area (Å²) in [6.45, 7) is 3.04. The van der Waals surface area contributed by atoms with Gasteiger partial charge in [-0.15, -0.1) is 0 Å². The van der Waals surface area contributed by atoms with E-state index in [0.717, 1.165) is 25.0 Å². The van der Waals surface area contributed by atoms with Crippen molar-refractivity contribution in [3.05, 3.63) is 35.8 Å². The lowest BCUT2D eigenvalue weighted by atomic mass is 10.1. The van der Waals surface area contributed by atoms with Crippen LogP contribution in [-0.2, 0) is 4.74 Å². The Morgan fingerprint density at radius 1 is 1.52 bits per heavy atom. The first-order valence-corrected chi connectivity index (χ1v) is 7.02. The molecule has 3 rings (SSSR count). The first-order valence-electron chi connectivity index (χ1n) is 7.02. The van der Waals surface area contributed by atoms with Crippen LogP contribution in [0.5, 0.6) is 0 Å². The Labute approximate surface area is 122 Å². The number of nitrogens with zero attached hydrogens (tertiary/aromatic N) is 2. The Bertz CT molecular complexity index is 618. The molecule has 1 aliphatic rings. The molecule has 2 aromatic heterocycles. The third kappa shape index (κ3) is 2.95. The molecule has 0 saturated carbocycles. The van der Waals surface area contributed by atoms with Crippen LogP contribution < -0.4 is 5.32 Å². The molecule has 3 heterocycles. The van der Waals surface area contributed by atoms with Crippen LogP contribution in [0.3, 0.4) is 0 Å². The monoisotopic (exact) mass is 287 g/mol. The van der Waals surface area contributed by atoms with Gasteiger partial charge in [-0.3, -0.25) is 9.78 Å². The number of ether oxygens (including phenoxy) is 1. The van der Waals surface area contributed by atoms with Crippen molar-refractivity contribution in [2.75, 3.05) is 13.2 Å². The van der Waals surface area contributed by atoms with E-state index in [4.69, 9.17) is 9.26 Å². The summed E-state index contributed by atoms with van der Waals surface area (Å²) in [5.41, 5.74) is 1.76. The van der Waals surface area contributed by atoms with Crippen molar-refractivity contribution >= 4 is 5.91 Å². The van der Waals surface area contributed by atoms with Crippen LogP contribution in [0.4, 0.5) is 0 Å². The van der Waals surface area contributed by atoms with Crippen molar-refractivity contribution in [1.82, 2.24) is 15.5 Å². The van der Waals surface area contributed by atoms with Gasteiger partial charge in [0.15, 0.2) is 5.76 Å². The summed E-state index contributed by atoms with van der Waals surface area (Å²) in [6.07, 6.45) is 5.46. The number of carbonyl (C=O) groups is 1. The van der Waals surface area contributed by atoms with Crippen LogP contribution in [-0.4, -0.2) is 35.3 Å². The first kappa shape index (κ1) is 13.8. The number of pyridine rings is 1. The Balaban J connectivity index is 1.78. The van der Waals surface area contributed by atoms with E-state index in [-0.39, 0.29) is 12.0 Å². The number of hydrogen-bond acceptors (Lipinski definition) is 5. The fourth-order valence-corrected chi connectivity index (χ4v) is 2.43. The number of nitrogens with one attached hydrogen (secondary N) is 1. The van der Waals surface area contributed by atoms with E-state index in [9.17, 15) is 4.79 Å². The van der Waals surface area contributed by atoms with E-state index in [1.165, 1.54) is 0 Å². The van der Waals surface area contributed by atoms with Crippen molar-refractivity contribution in [3.8, 4) is 11.3 Å². The molecule has 0 radical (unpaired) electrons. The second-order valence-electron chi connectivity index (χ2n) is 5.06. The van der Waals surface area contributed by atoms with Crippen LogP contribution in [0.15, 0.2) is 29.0 Å². The van der Waals surface area contributed by atoms with E-state index in [1.54, 1.807) is 25.4 Å². The zero-order chi connectivity index (χ0) is 14.7. The summed E-state index contributed by atoms with van der Waals surface area (Å²) in [4.78, 5) is 16.4. The third-order valence-corrected chi connectivity index (χ3v) is 3.53. The zero-order valence-corrected chi connectivity index (χ0v) is 11.8.